The molecular formula is C21H19ClN2O4. The molecule has 0 radical (unpaired) electrons. The number of hydrogen-bond acceptors (Lipinski definition) is 4. The molecule has 2 amide bonds. The first-order valence-corrected chi connectivity index (χ1v) is 9.34. The Hall–Kier alpha value is -2.99. The molecule has 28 heavy (non-hydrogen) atoms. The predicted molar refractivity (Wildman–Crippen MR) is 106 cm³/mol. The number of amides is 2. The Bertz CT molecular complexity index is 942. The van der Waals surface area contributed by atoms with Gasteiger partial charge in [0.25, 0.3) is 5.91 Å². The van der Waals surface area contributed by atoms with Gasteiger partial charge in [-0.15, -0.1) is 0 Å². The molecule has 0 spiro atoms. The second-order valence-corrected chi connectivity index (χ2v) is 6.88. The predicted octanol–water partition coefficient (Wildman–Crippen LogP) is 3.28. The van der Waals surface area contributed by atoms with Crippen LogP contribution < -0.4 is 10.2 Å². The molecule has 0 aliphatic carbocycles. The minimum absolute atomic E-state index is 0.0821. The molecule has 3 rings (SSSR count). The number of nitrogens with one attached hydrogen (secondary N) is 1. The Morgan fingerprint density at radius 3 is 2.71 bits per heavy atom. The number of hydrogen-bond donors (Lipinski definition) is 1. The molecule has 0 saturated heterocycles. The van der Waals surface area contributed by atoms with Crippen LogP contribution in [0.4, 0.5) is 5.69 Å². The topological polar surface area (TPSA) is 83.6 Å². The fourth-order valence-corrected chi connectivity index (χ4v) is 3.34. The van der Waals surface area contributed by atoms with E-state index in [2.05, 4.69) is 5.32 Å². The highest BCUT2D eigenvalue weighted by atomic mass is 35.5. The summed E-state index contributed by atoms with van der Waals surface area (Å²) in [5.74, 6) is -0.572. The highest BCUT2D eigenvalue weighted by molar-refractivity contribution is 6.31. The largest absolute Gasteiger partial charge is 0.352 e. The van der Waals surface area contributed by atoms with Crippen LogP contribution in [0.15, 0.2) is 42.5 Å². The van der Waals surface area contributed by atoms with Crippen LogP contribution >= 0.6 is 11.6 Å². The minimum atomic E-state index is -0.344. The first-order chi connectivity index (χ1) is 13.5. The number of nitrogens with zero attached hydrogens (tertiary/aromatic N) is 1. The third kappa shape index (κ3) is 4.28. The number of ketones is 1. The van der Waals surface area contributed by atoms with Crippen molar-refractivity contribution >= 4 is 41.2 Å². The Morgan fingerprint density at radius 1 is 1.14 bits per heavy atom. The number of carbonyl (C=O) groups excluding carboxylic acids is 4. The van der Waals surface area contributed by atoms with Crippen LogP contribution in [0.25, 0.3) is 0 Å². The Labute approximate surface area is 167 Å². The van der Waals surface area contributed by atoms with E-state index in [0.717, 1.165) is 0 Å². The summed E-state index contributed by atoms with van der Waals surface area (Å²) in [4.78, 5) is 49.6. The van der Waals surface area contributed by atoms with E-state index in [1.165, 1.54) is 0 Å². The summed E-state index contributed by atoms with van der Waals surface area (Å²) >= 11 is 6.06. The summed E-state index contributed by atoms with van der Waals surface area (Å²) in [5, 5.41) is 3.21. The van der Waals surface area contributed by atoms with Gasteiger partial charge in [-0.2, -0.15) is 0 Å². The van der Waals surface area contributed by atoms with Crippen molar-refractivity contribution in [1.82, 2.24) is 5.32 Å². The van der Waals surface area contributed by atoms with Crippen LogP contribution in [0.2, 0.25) is 5.02 Å². The number of anilines is 1. The first-order valence-electron chi connectivity index (χ1n) is 8.97. The van der Waals surface area contributed by atoms with Crippen molar-refractivity contribution in [3.8, 4) is 0 Å². The van der Waals surface area contributed by atoms with Gasteiger partial charge in [-0.05, 0) is 30.7 Å². The zero-order chi connectivity index (χ0) is 20.1. The summed E-state index contributed by atoms with van der Waals surface area (Å²) in [6.07, 6.45) is 1.44. The monoisotopic (exact) mass is 398 g/mol. The molecule has 1 heterocycles. The van der Waals surface area contributed by atoms with E-state index in [4.69, 9.17) is 11.6 Å². The number of benzene rings is 2. The fourth-order valence-electron chi connectivity index (χ4n) is 3.17. The molecule has 1 aliphatic rings. The quantitative estimate of drug-likeness (QED) is 0.597. The summed E-state index contributed by atoms with van der Waals surface area (Å²) in [7, 11) is 0. The lowest BCUT2D eigenvalue weighted by Crippen LogP contribution is -2.34. The molecule has 2 aromatic rings. The molecule has 0 saturated carbocycles. The minimum Gasteiger partial charge on any atom is -0.352 e. The van der Waals surface area contributed by atoms with Gasteiger partial charge in [0.15, 0.2) is 12.1 Å². The number of rotatable bonds is 6. The average Bonchev–Trinajstić information content (AvgIpc) is 2.82. The zero-order valence-corrected chi connectivity index (χ0v) is 15.9. The van der Waals surface area contributed by atoms with Crippen LogP contribution in [0.1, 0.15) is 50.3 Å². The molecule has 2 aromatic carbocycles. The smallest absolute Gasteiger partial charge is 0.252 e. The zero-order valence-electron chi connectivity index (χ0n) is 15.1. The Balaban J connectivity index is 1.65. The van der Waals surface area contributed by atoms with Crippen molar-refractivity contribution < 1.29 is 19.2 Å². The maximum atomic E-state index is 12.5. The van der Waals surface area contributed by atoms with Gasteiger partial charge in [0.05, 0.1) is 5.69 Å². The van der Waals surface area contributed by atoms with E-state index in [1.54, 1.807) is 47.4 Å². The Morgan fingerprint density at radius 2 is 1.93 bits per heavy atom. The van der Waals surface area contributed by atoms with Crippen molar-refractivity contribution in [3.63, 3.8) is 0 Å². The van der Waals surface area contributed by atoms with E-state index in [0.29, 0.717) is 53.2 Å². The number of aldehydes is 1. The summed E-state index contributed by atoms with van der Waals surface area (Å²) in [6, 6.07) is 11.4. The molecule has 0 bridgehead atoms. The molecule has 6 nitrogen and oxygen atoms in total. The van der Waals surface area contributed by atoms with E-state index < -0.39 is 0 Å². The molecule has 0 atom stereocenters. The Kier molecular flexibility index (Phi) is 6.21. The summed E-state index contributed by atoms with van der Waals surface area (Å²) < 4.78 is 0. The van der Waals surface area contributed by atoms with Crippen molar-refractivity contribution in [2.24, 2.45) is 0 Å². The van der Waals surface area contributed by atoms with E-state index in [9.17, 15) is 19.2 Å². The standard InChI is InChI=1S/C21H19ClN2O4/c22-15-6-7-17-18(12-15)24(20(27)9-8-19(17)26)11-3-10-23-21(28)16-5-2-1-4-14(16)13-25/h1-2,4-7,12-13H,3,8-11H2,(H,23,28). The molecular weight excluding hydrogens is 380 g/mol. The molecule has 0 unspecified atom stereocenters. The van der Waals surface area contributed by atoms with E-state index in [1.807, 2.05) is 0 Å². The summed E-state index contributed by atoms with van der Waals surface area (Å²) in [6.45, 7) is 0.661. The molecule has 1 aliphatic heterocycles. The lowest BCUT2D eigenvalue weighted by Gasteiger charge is -2.23. The molecule has 144 valence electrons. The lowest BCUT2D eigenvalue weighted by atomic mass is 10.1. The van der Waals surface area contributed by atoms with Crippen molar-refractivity contribution in [2.45, 2.75) is 19.3 Å². The maximum absolute atomic E-state index is 12.5. The van der Waals surface area contributed by atoms with Gasteiger partial charge in [-0.1, -0.05) is 29.8 Å². The van der Waals surface area contributed by atoms with Gasteiger partial charge in [0, 0.05) is 47.6 Å². The van der Waals surface area contributed by atoms with Crippen LogP contribution in [-0.2, 0) is 4.79 Å². The van der Waals surface area contributed by atoms with Crippen molar-refractivity contribution in [2.75, 3.05) is 18.0 Å². The number of halogens is 1. The first kappa shape index (κ1) is 19.8. The second kappa shape index (κ2) is 8.80. The number of fused-ring (bicyclic) bond motifs is 1. The van der Waals surface area contributed by atoms with Gasteiger partial charge in [-0.3, -0.25) is 19.2 Å². The highest BCUT2D eigenvalue weighted by Gasteiger charge is 2.26. The van der Waals surface area contributed by atoms with E-state index >= 15 is 0 Å². The molecule has 1 N–H and O–H groups in total. The molecule has 0 aromatic heterocycles. The molecule has 7 heteroatoms. The van der Waals surface area contributed by atoms with Gasteiger partial charge >= 0.3 is 0 Å². The average molecular weight is 399 g/mol. The summed E-state index contributed by atoms with van der Waals surface area (Å²) in [5.41, 5.74) is 1.63. The van der Waals surface area contributed by atoms with Crippen molar-refractivity contribution in [3.05, 3.63) is 64.2 Å². The van der Waals surface area contributed by atoms with E-state index in [-0.39, 0.29) is 30.4 Å². The van der Waals surface area contributed by atoms with Crippen LogP contribution in [0, 0.1) is 0 Å². The normalized spacial score (nSPS) is 13.7. The van der Waals surface area contributed by atoms with Crippen LogP contribution in [0.5, 0.6) is 0 Å². The maximum Gasteiger partial charge on any atom is 0.252 e. The SMILES string of the molecule is O=Cc1ccccc1C(=O)NCCCN1C(=O)CCC(=O)c2ccc(Cl)cc21. The van der Waals surface area contributed by atoms with Crippen LogP contribution in [0.3, 0.4) is 0 Å². The third-order valence-corrected chi connectivity index (χ3v) is 4.83. The van der Waals surface area contributed by atoms with Crippen LogP contribution in [-0.4, -0.2) is 37.0 Å². The fraction of sp³-hybridized carbons (Fsp3) is 0.238. The van der Waals surface area contributed by atoms with Gasteiger partial charge in [-0.25, -0.2) is 0 Å². The van der Waals surface area contributed by atoms with Gasteiger partial charge < -0.3 is 10.2 Å². The number of Topliss-reactive ketones (excluding diaryl/α,β-unsaturated/α-hetero) is 1. The highest BCUT2D eigenvalue weighted by Crippen LogP contribution is 2.30. The van der Waals surface area contributed by atoms with Gasteiger partial charge in [0.1, 0.15) is 0 Å². The molecule has 0 fully saturated rings. The number of carbonyl (C=O) groups is 4. The van der Waals surface area contributed by atoms with Crippen molar-refractivity contribution in [1.29, 1.82) is 0 Å². The van der Waals surface area contributed by atoms with Gasteiger partial charge in [0.2, 0.25) is 5.91 Å². The second-order valence-electron chi connectivity index (χ2n) is 6.44. The lowest BCUT2D eigenvalue weighted by molar-refractivity contribution is -0.118. The third-order valence-electron chi connectivity index (χ3n) is 4.59.